The summed E-state index contributed by atoms with van der Waals surface area (Å²) in [5.74, 6) is 0.742. The maximum Gasteiger partial charge on any atom is 0.255 e. The molecule has 3 aromatic rings. The second-order valence-electron chi connectivity index (χ2n) is 10.3. The molecule has 174 valence electrons. The van der Waals surface area contributed by atoms with Crippen molar-refractivity contribution in [2.45, 2.75) is 55.5 Å². The molecule has 0 radical (unpaired) electrons. The Morgan fingerprint density at radius 2 is 1.41 bits per heavy atom. The third-order valence-electron chi connectivity index (χ3n) is 8.60. The average molecular weight is 452 g/mol. The van der Waals surface area contributed by atoms with Gasteiger partial charge in [-0.1, -0.05) is 60.7 Å². The van der Waals surface area contributed by atoms with Crippen LogP contribution in [0.15, 0.2) is 85.2 Å². The maximum atomic E-state index is 14.0. The number of rotatable bonds is 4. The van der Waals surface area contributed by atoms with Crippen molar-refractivity contribution in [3.8, 4) is 0 Å². The number of amides is 1. The molecule has 2 bridgehead atoms. The number of hydrogen-bond acceptors (Lipinski definition) is 3. The van der Waals surface area contributed by atoms with Crippen LogP contribution in [0.1, 0.15) is 65.4 Å². The largest absolute Gasteiger partial charge is 0.334 e. The molecule has 1 amide bonds. The Bertz CT molecular complexity index is 1060. The van der Waals surface area contributed by atoms with Gasteiger partial charge >= 0.3 is 0 Å². The number of benzene rings is 2. The van der Waals surface area contributed by atoms with Gasteiger partial charge in [0.25, 0.3) is 5.91 Å². The van der Waals surface area contributed by atoms with Crippen LogP contribution in [0.4, 0.5) is 0 Å². The quantitative estimate of drug-likeness (QED) is 0.526. The normalized spacial score (nSPS) is 29.2. The molecule has 1 saturated carbocycles. The lowest BCUT2D eigenvalue weighted by atomic mass is 9.63. The van der Waals surface area contributed by atoms with Gasteiger partial charge in [-0.05, 0) is 68.5 Å². The lowest BCUT2D eigenvalue weighted by Crippen LogP contribution is -2.54. The first-order valence-corrected chi connectivity index (χ1v) is 12.8. The van der Waals surface area contributed by atoms with Crippen molar-refractivity contribution in [1.29, 1.82) is 0 Å². The Kier molecular flexibility index (Phi) is 5.70. The number of nitrogens with zero attached hydrogens (tertiary/aromatic N) is 3. The molecular formula is C30H33N3O. The molecule has 2 atom stereocenters. The summed E-state index contributed by atoms with van der Waals surface area (Å²) in [5, 5.41) is 0. The van der Waals surface area contributed by atoms with Crippen LogP contribution in [0.5, 0.6) is 0 Å². The van der Waals surface area contributed by atoms with Gasteiger partial charge in [-0.15, -0.1) is 0 Å². The lowest BCUT2D eigenvalue weighted by molar-refractivity contribution is 0.0422. The smallest absolute Gasteiger partial charge is 0.255 e. The van der Waals surface area contributed by atoms with E-state index in [0.717, 1.165) is 25.8 Å². The lowest BCUT2D eigenvalue weighted by Gasteiger charge is -2.51. The van der Waals surface area contributed by atoms with Crippen molar-refractivity contribution in [2.75, 3.05) is 19.6 Å². The summed E-state index contributed by atoms with van der Waals surface area (Å²) >= 11 is 0. The molecule has 4 aliphatic rings. The Hall–Kier alpha value is -2.98. The van der Waals surface area contributed by atoms with Gasteiger partial charge in [-0.3, -0.25) is 14.7 Å². The Morgan fingerprint density at radius 1 is 0.794 bits per heavy atom. The number of pyridine rings is 1. The first-order chi connectivity index (χ1) is 16.8. The van der Waals surface area contributed by atoms with Crippen LogP contribution >= 0.6 is 0 Å². The van der Waals surface area contributed by atoms with E-state index in [1.54, 1.807) is 12.4 Å². The zero-order chi connectivity index (χ0) is 23.0. The van der Waals surface area contributed by atoms with Gasteiger partial charge in [-0.2, -0.15) is 0 Å². The highest BCUT2D eigenvalue weighted by atomic mass is 16.2. The second kappa shape index (κ2) is 8.99. The summed E-state index contributed by atoms with van der Waals surface area (Å²) < 4.78 is 0. The molecule has 4 nitrogen and oxygen atoms in total. The molecular weight excluding hydrogens is 418 g/mol. The van der Waals surface area contributed by atoms with E-state index in [-0.39, 0.29) is 17.5 Å². The van der Waals surface area contributed by atoms with Gasteiger partial charge in [0, 0.05) is 42.4 Å². The first kappa shape index (κ1) is 21.5. The van der Waals surface area contributed by atoms with Crippen LogP contribution in [0.25, 0.3) is 0 Å². The summed E-state index contributed by atoms with van der Waals surface area (Å²) in [6.45, 7) is 3.18. The van der Waals surface area contributed by atoms with E-state index in [0.29, 0.717) is 17.4 Å². The fraction of sp³-hybridized carbons (Fsp3) is 0.400. The van der Waals surface area contributed by atoms with Crippen LogP contribution in [-0.2, 0) is 0 Å². The minimum Gasteiger partial charge on any atom is -0.334 e. The number of likely N-dealkylation sites (tertiary alicyclic amines) is 1. The monoisotopic (exact) mass is 451 g/mol. The predicted molar refractivity (Wildman–Crippen MR) is 135 cm³/mol. The highest BCUT2D eigenvalue weighted by Gasteiger charge is 2.55. The van der Waals surface area contributed by atoms with Crippen molar-refractivity contribution in [2.24, 2.45) is 0 Å². The number of carbonyl (C=O) groups excluding carboxylic acids is 1. The molecule has 4 heteroatoms. The minimum absolute atomic E-state index is 0.124. The summed E-state index contributed by atoms with van der Waals surface area (Å²) in [6, 6.07) is 25.8. The molecule has 4 fully saturated rings. The number of hydrogen-bond donors (Lipinski definition) is 0. The first-order valence-electron chi connectivity index (χ1n) is 12.8. The van der Waals surface area contributed by atoms with Crippen molar-refractivity contribution in [3.63, 3.8) is 0 Å². The van der Waals surface area contributed by atoms with Gasteiger partial charge in [0.2, 0.25) is 0 Å². The SMILES string of the molecule is O=C(c1cccnc1)N1CCC2(N3CCCC3)CC(c3ccccc3)C1C(c1ccccc1)C2. The highest BCUT2D eigenvalue weighted by molar-refractivity contribution is 5.94. The van der Waals surface area contributed by atoms with E-state index in [9.17, 15) is 4.79 Å². The fourth-order valence-electron chi connectivity index (χ4n) is 7.07. The standard InChI is InChI=1S/C30H33N3O/c34-29(25-14-9-16-31-22-25)33-19-15-30(32-17-7-8-18-32)20-26(23-10-3-1-4-11-23)28(33)27(21-30)24-12-5-2-6-13-24/h1-6,9-14,16,22,26-28H,7-8,15,17-21H2. The van der Waals surface area contributed by atoms with Crippen molar-refractivity contribution in [1.82, 2.24) is 14.8 Å². The van der Waals surface area contributed by atoms with Gasteiger partial charge in [0.05, 0.1) is 5.56 Å². The molecule has 3 aliphatic heterocycles. The highest BCUT2D eigenvalue weighted by Crippen LogP contribution is 2.54. The number of aromatic nitrogens is 1. The molecule has 0 spiro atoms. The summed E-state index contributed by atoms with van der Waals surface area (Å²) in [7, 11) is 0. The fourth-order valence-corrected chi connectivity index (χ4v) is 7.07. The zero-order valence-corrected chi connectivity index (χ0v) is 19.7. The summed E-state index contributed by atoms with van der Waals surface area (Å²) in [4.78, 5) is 23.3. The zero-order valence-electron chi connectivity index (χ0n) is 19.7. The molecule has 0 N–H and O–H groups in total. The van der Waals surface area contributed by atoms with Gasteiger partial charge in [0.15, 0.2) is 0 Å². The van der Waals surface area contributed by atoms with Crippen molar-refractivity contribution < 1.29 is 4.79 Å². The van der Waals surface area contributed by atoms with Crippen molar-refractivity contribution in [3.05, 3.63) is 102 Å². The second-order valence-corrected chi connectivity index (χ2v) is 10.3. The van der Waals surface area contributed by atoms with Crippen LogP contribution in [0.2, 0.25) is 0 Å². The third-order valence-corrected chi connectivity index (χ3v) is 8.60. The Balaban J connectivity index is 1.51. The van der Waals surface area contributed by atoms with E-state index in [4.69, 9.17) is 0 Å². The Morgan fingerprint density at radius 3 is 1.97 bits per heavy atom. The molecule has 4 heterocycles. The van der Waals surface area contributed by atoms with Crippen LogP contribution in [0.3, 0.4) is 0 Å². The molecule has 34 heavy (non-hydrogen) atoms. The third kappa shape index (κ3) is 3.74. The minimum atomic E-state index is 0.124. The Labute approximate surface area is 202 Å². The summed E-state index contributed by atoms with van der Waals surface area (Å²) in [6.07, 6.45) is 9.34. The van der Waals surface area contributed by atoms with E-state index in [1.807, 2.05) is 12.1 Å². The van der Waals surface area contributed by atoms with Gasteiger partial charge in [-0.25, -0.2) is 0 Å². The van der Waals surface area contributed by atoms with Crippen LogP contribution < -0.4 is 0 Å². The molecule has 1 aromatic heterocycles. The van der Waals surface area contributed by atoms with Crippen LogP contribution in [0, 0.1) is 0 Å². The van der Waals surface area contributed by atoms with Gasteiger partial charge in [0.1, 0.15) is 0 Å². The number of fused-ring (bicyclic) bond motifs is 4. The number of carbonyl (C=O) groups is 1. The predicted octanol–water partition coefficient (Wildman–Crippen LogP) is 5.49. The molecule has 2 aromatic carbocycles. The van der Waals surface area contributed by atoms with Crippen LogP contribution in [-0.4, -0.2) is 51.9 Å². The van der Waals surface area contributed by atoms with Gasteiger partial charge < -0.3 is 4.90 Å². The van der Waals surface area contributed by atoms with E-state index < -0.39 is 0 Å². The molecule has 3 saturated heterocycles. The maximum absolute atomic E-state index is 14.0. The average Bonchev–Trinajstić information content (AvgIpc) is 3.35. The van der Waals surface area contributed by atoms with E-state index >= 15 is 0 Å². The van der Waals surface area contributed by atoms with E-state index in [2.05, 4.69) is 75.4 Å². The molecule has 2 unspecified atom stereocenters. The van der Waals surface area contributed by atoms with E-state index in [1.165, 1.54) is 37.1 Å². The molecule has 1 aliphatic carbocycles. The molecule has 7 rings (SSSR count). The topological polar surface area (TPSA) is 36.4 Å². The van der Waals surface area contributed by atoms with Crippen molar-refractivity contribution >= 4 is 5.91 Å². The summed E-state index contributed by atoms with van der Waals surface area (Å²) in [5.41, 5.74) is 3.56.